The Hall–Kier alpha value is -7.92. The van der Waals surface area contributed by atoms with Gasteiger partial charge < -0.3 is 50.6 Å². The first-order valence-electron chi connectivity index (χ1n) is 25.7. The zero-order chi connectivity index (χ0) is 56.4. The molecule has 4 aromatic carbocycles. The summed E-state index contributed by atoms with van der Waals surface area (Å²) in [5.74, 6) is -6.98. The van der Waals surface area contributed by atoms with Crippen molar-refractivity contribution in [2.45, 2.75) is 102 Å². The lowest BCUT2D eigenvalue weighted by Crippen LogP contribution is -2.42. The summed E-state index contributed by atoms with van der Waals surface area (Å²) in [6.45, 7) is 5.46. The highest BCUT2D eigenvalue weighted by Crippen LogP contribution is 2.57. The number of esters is 1. The quantitative estimate of drug-likeness (QED) is 0.0208. The number of aryl methyl sites for hydroxylation is 1. The number of unbranched alkanes of at least 4 members (excludes halogenated alkanes) is 3. The first-order valence-corrected chi connectivity index (χ1v) is 26.6. The fraction of sp³-hybridized carbons (Fsp3) is 0.357. The topological polar surface area (TPSA) is 209 Å². The van der Waals surface area contributed by atoms with E-state index >= 15 is 0 Å². The van der Waals surface area contributed by atoms with Crippen molar-refractivity contribution >= 4 is 74.1 Å². The number of ether oxygens (including phenoxy) is 2. The summed E-state index contributed by atoms with van der Waals surface area (Å²) >= 11 is 1.53. The molecule has 9 rings (SSSR count). The number of aromatic nitrogens is 1. The Labute approximate surface area is 452 Å². The van der Waals surface area contributed by atoms with Crippen LogP contribution in [0.15, 0.2) is 96.4 Å². The Kier molecular flexibility index (Phi) is 16.1. The van der Waals surface area contributed by atoms with E-state index < -0.39 is 59.2 Å². The van der Waals surface area contributed by atoms with Crippen LogP contribution >= 0.6 is 11.3 Å². The fourth-order valence-corrected chi connectivity index (χ4v) is 11.3. The van der Waals surface area contributed by atoms with Crippen LogP contribution in [0.3, 0.4) is 0 Å². The number of carbonyl (C=O) groups excluding carboxylic acids is 6. The number of amides is 5. The van der Waals surface area contributed by atoms with E-state index in [1.165, 1.54) is 41.7 Å². The van der Waals surface area contributed by atoms with Gasteiger partial charge in [0.15, 0.2) is 5.60 Å². The summed E-state index contributed by atoms with van der Waals surface area (Å²) < 4.78 is 93.8. The number of anilines is 3. The summed E-state index contributed by atoms with van der Waals surface area (Å²) in [5, 5.41) is 25.9. The molecule has 5 amide bonds. The average Bonchev–Trinajstić information content (AvgIpc) is 3.09. The van der Waals surface area contributed by atoms with Crippen molar-refractivity contribution in [3.05, 3.63) is 135 Å². The maximum absolute atomic E-state index is 13.8. The maximum atomic E-state index is 13.8. The third kappa shape index (κ3) is 11.9. The highest BCUT2D eigenvalue weighted by molar-refractivity contribution is 7.17. The summed E-state index contributed by atoms with van der Waals surface area (Å²) in [5.41, 5.74) is 0.852. The van der Waals surface area contributed by atoms with E-state index in [4.69, 9.17) is 9.47 Å². The van der Waals surface area contributed by atoms with Gasteiger partial charge in [-0.25, -0.2) is 4.79 Å². The predicted octanol–water partition coefficient (Wildman–Crippen LogP) is 9.82. The number of aliphatic hydroxyl groups excluding tert-OH is 1. The van der Waals surface area contributed by atoms with Crippen molar-refractivity contribution in [1.82, 2.24) is 20.5 Å². The minimum Gasteiger partial charge on any atom is -0.456 e. The molecule has 2 aliphatic heterocycles. The van der Waals surface area contributed by atoms with Crippen molar-refractivity contribution in [3.8, 4) is 11.5 Å². The molecule has 1 atom stereocenters. The van der Waals surface area contributed by atoms with Crippen LogP contribution in [0, 0.1) is 12.8 Å². The minimum absolute atomic E-state index is 0.00259. The number of hydrogen-bond acceptors (Lipinski definition) is 11. The molecule has 2 aromatic heterocycles. The van der Waals surface area contributed by atoms with Crippen molar-refractivity contribution < 1.29 is 69.7 Å². The lowest BCUT2D eigenvalue weighted by molar-refractivity contribution is -0.167. The number of likely N-dealkylation sites (N-methyl/N-ethyl adjacent to an activating group) is 1. The number of alkyl halides is 6. The summed E-state index contributed by atoms with van der Waals surface area (Å²) in [4.78, 5) is 79.6. The number of hydrogen-bond donors (Lipinski definition) is 6. The van der Waals surface area contributed by atoms with Crippen molar-refractivity contribution in [1.29, 1.82) is 0 Å². The van der Waals surface area contributed by atoms with Crippen LogP contribution < -0.4 is 36.2 Å². The molecule has 3 aliphatic rings. The van der Waals surface area contributed by atoms with Crippen LogP contribution in [-0.4, -0.2) is 89.4 Å². The van der Waals surface area contributed by atoms with Crippen molar-refractivity contribution in [2.24, 2.45) is 5.92 Å². The van der Waals surface area contributed by atoms with Gasteiger partial charge >= 0.3 is 30.1 Å². The molecule has 79 heavy (non-hydrogen) atoms. The van der Waals surface area contributed by atoms with Crippen LogP contribution in [-0.2, 0) is 31.3 Å². The Morgan fingerprint density at radius 1 is 0.759 bits per heavy atom. The van der Waals surface area contributed by atoms with Gasteiger partial charge in [0, 0.05) is 83.0 Å². The highest BCUT2D eigenvalue weighted by Gasteiger charge is 2.54. The second kappa shape index (κ2) is 22.8. The molecule has 1 fully saturated rings. The van der Waals surface area contributed by atoms with Gasteiger partial charge in [0.1, 0.15) is 23.4 Å². The van der Waals surface area contributed by atoms with Gasteiger partial charge in [0.2, 0.25) is 5.91 Å². The number of carbonyl (C=O) groups is 6. The minimum atomic E-state index is -5.26. The molecule has 1 saturated carbocycles. The predicted molar refractivity (Wildman–Crippen MR) is 281 cm³/mol. The van der Waals surface area contributed by atoms with Crippen LogP contribution in [0.5, 0.6) is 11.5 Å². The van der Waals surface area contributed by atoms with E-state index in [2.05, 4.69) is 16.0 Å². The molecule has 6 aromatic rings. The van der Waals surface area contributed by atoms with Gasteiger partial charge in [-0.15, -0.1) is 11.3 Å². The number of nitrogens with one attached hydrogen (secondary N) is 5. The van der Waals surface area contributed by atoms with E-state index in [1.807, 2.05) is 65.1 Å². The Morgan fingerprint density at radius 3 is 2.00 bits per heavy atom. The van der Waals surface area contributed by atoms with Gasteiger partial charge in [-0.2, -0.15) is 26.3 Å². The van der Waals surface area contributed by atoms with Crippen molar-refractivity contribution in [3.63, 3.8) is 0 Å². The van der Waals surface area contributed by atoms with Gasteiger partial charge in [0.25, 0.3) is 11.8 Å². The Bertz CT molecular complexity index is 3250. The van der Waals surface area contributed by atoms with E-state index in [0.29, 0.717) is 63.7 Å². The number of fused-ring (bicyclic) bond motifs is 7. The SMILES string of the molecule is CCN(c1cccc(C)c1)C(O)Cn1c(C(=O)NC2CCC(C(=O)NCCCCCCNC(=O)c3ccc4c(c3)C3(OC4=O)c4ccc(NC(=O)C(F)(F)F)cc4Oc4cc(NC(=O)C(F)(F)F)ccc43)CC2)cc2sccc21. The van der Waals surface area contributed by atoms with Crippen LogP contribution in [0.25, 0.3) is 10.2 Å². The molecule has 416 valence electrons. The van der Waals surface area contributed by atoms with E-state index in [-0.39, 0.29) is 76.2 Å². The number of nitrogens with zero attached hydrogens (tertiary/aromatic N) is 2. The average molecular weight is 1120 g/mol. The first-order chi connectivity index (χ1) is 37.6. The molecule has 16 nitrogen and oxygen atoms in total. The molecular formula is C56H55F6N7O9S. The highest BCUT2D eigenvalue weighted by atomic mass is 32.1. The van der Waals surface area contributed by atoms with Gasteiger partial charge in [-0.1, -0.05) is 25.0 Å². The lowest BCUT2D eigenvalue weighted by Gasteiger charge is -2.37. The van der Waals surface area contributed by atoms with Gasteiger partial charge in [0.05, 0.1) is 22.3 Å². The maximum Gasteiger partial charge on any atom is 0.471 e. The summed E-state index contributed by atoms with van der Waals surface area (Å²) in [6, 6.07) is 22.5. The largest absolute Gasteiger partial charge is 0.471 e. The Balaban J connectivity index is 0.752. The molecule has 23 heteroatoms. The third-order valence-electron chi connectivity index (χ3n) is 14.4. The molecule has 0 radical (unpaired) electrons. The summed E-state index contributed by atoms with van der Waals surface area (Å²) in [7, 11) is 0. The lowest BCUT2D eigenvalue weighted by atomic mass is 9.77. The van der Waals surface area contributed by atoms with E-state index in [0.717, 1.165) is 52.2 Å². The Morgan fingerprint density at radius 2 is 1.39 bits per heavy atom. The number of aliphatic hydroxyl groups is 1. The van der Waals surface area contributed by atoms with Crippen LogP contribution in [0.1, 0.15) is 112 Å². The summed E-state index contributed by atoms with van der Waals surface area (Å²) in [6.07, 6.45) is -6.17. The molecular weight excluding hydrogens is 1060 g/mol. The number of rotatable bonds is 18. The second-order valence-corrected chi connectivity index (χ2v) is 20.6. The third-order valence-corrected chi connectivity index (χ3v) is 15.2. The van der Waals surface area contributed by atoms with E-state index in [1.54, 1.807) is 10.6 Å². The number of benzene rings is 4. The molecule has 1 aliphatic carbocycles. The normalized spacial score (nSPS) is 16.6. The van der Waals surface area contributed by atoms with Gasteiger partial charge in [-0.3, -0.25) is 24.0 Å². The standard InChI is InChI=1S/C56H55F6N7O9S/c1-3-68(37-10-8-9-31(2)25-37)47(70)30-69-42-21-24-79-46(42)29-43(69)50(73)65-34-14-11-32(12-15-34)48(71)63-22-6-4-5-7-23-64-49(72)33-13-18-38-41(26-33)54(78-51(38)74)39-19-16-35(66-52(75)55(57,58)59)27-44(39)77-45-28-36(17-20-40(45)54)67-53(76)56(60,61)62/h8-10,13,16-21,24-29,32,34,47,70H,3-7,11-12,14-15,22-23,30H2,1-2H3,(H,63,71)(H,64,72)(H,65,73)(H,66,75)(H,67,76). The van der Waals surface area contributed by atoms with Gasteiger partial charge in [-0.05, 0) is 130 Å². The second-order valence-electron chi connectivity index (χ2n) is 19.7. The van der Waals surface area contributed by atoms with Crippen LogP contribution in [0.2, 0.25) is 0 Å². The number of thiophene rings is 1. The first kappa shape index (κ1) is 55.8. The zero-order valence-corrected chi connectivity index (χ0v) is 43.6. The molecule has 1 spiro atoms. The molecule has 1 unspecified atom stereocenters. The monoisotopic (exact) mass is 1120 g/mol. The number of halogens is 6. The molecule has 4 heterocycles. The molecule has 0 bridgehead atoms. The molecule has 0 saturated heterocycles. The van der Waals surface area contributed by atoms with Crippen LogP contribution in [0.4, 0.5) is 43.4 Å². The zero-order valence-electron chi connectivity index (χ0n) is 42.7. The van der Waals surface area contributed by atoms with Crippen molar-refractivity contribution in [2.75, 3.05) is 35.2 Å². The fourth-order valence-electron chi connectivity index (χ4n) is 10.4. The smallest absolute Gasteiger partial charge is 0.456 e. The van der Waals surface area contributed by atoms with E-state index in [9.17, 15) is 60.2 Å². The molecule has 6 N–H and O–H groups in total.